The van der Waals surface area contributed by atoms with E-state index in [4.69, 9.17) is 14.2 Å². The molecule has 0 unspecified atom stereocenters. The maximum atomic E-state index is 11.0. The zero-order valence-electron chi connectivity index (χ0n) is 18.0. The largest absolute Gasteiger partial charge is 0.493 e. The summed E-state index contributed by atoms with van der Waals surface area (Å²) < 4.78 is 17.0. The number of non-ortho nitro benzene ring substituents is 1. The molecule has 0 radical (unpaired) electrons. The quantitative estimate of drug-likeness (QED) is 0.319. The molecule has 7 nitrogen and oxygen atoms in total. The van der Waals surface area contributed by atoms with Crippen molar-refractivity contribution in [3.8, 4) is 17.2 Å². The molecule has 0 saturated carbocycles. The highest BCUT2D eigenvalue weighted by Crippen LogP contribution is 2.37. The Hall–Kier alpha value is -2.80. The molecule has 2 aliphatic heterocycles. The van der Waals surface area contributed by atoms with Crippen molar-refractivity contribution < 1.29 is 19.1 Å². The number of ether oxygens (including phenoxy) is 3. The number of hydrogen-bond acceptors (Lipinski definition) is 6. The fourth-order valence-corrected chi connectivity index (χ4v) is 4.52. The molecule has 1 fully saturated rings. The van der Waals surface area contributed by atoms with Gasteiger partial charge in [-0.3, -0.25) is 10.1 Å². The lowest BCUT2D eigenvalue weighted by Crippen LogP contribution is -2.42. The molecule has 7 heteroatoms. The Bertz CT molecular complexity index is 886. The molecule has 0 N–H and O–H groups in total. The summed E-state index contributed by atoms with van der Waals surface area (Å²) in [5.74, 6) is 2.86. The predicted molar refractivity (Wildman–Crippen MR) is 118 cm³/mol. The monoisotopic (exact) mass is 426 g/mol. The van der Waals surface area contributed by atoms with Crippen LogP contribution >= 0.6 is 0 Å². The number of piperidine rings is 1. The topological polar surface area (TPSA) is 74.1 Å². The van der Waals surface area contributed by atoms with Crippen LogP contribution in [0.4, 0.5) is 5.69 Å². The molecule has 2 aromatic rings. The summed E-state index contributed by atoms with van der Waals surface area (Å²) >= 11 is 0. The third kappa shape index (κ3) is 5.28. The first kappa shape index (κ1) is 21.4. The Morgan fingerprint density at radius 2 is 1.94 bits per heavy atom. The van der Waals surface area contributed by atoms with E-state index in [1.54, 1.807) is 12.1 Å². The fraction of sp³-hybridized carbons (Fsp3) is 0.500. The van der Waals surface area contributed by atoms with E-state index in [-0.39, 0.29) is 17.4 Å². The van der Waals surface area contributed by atoms with Gasteiger partial charge in [-0.1, -0.05) is 31.9 Å². The third-order valence-electron chi connectivity index (χ3n) is 6.24. The highest BCUT2D eigenvalue weighted by molar-refractivity contribution is 5.46. The van der Waals surface area contributed by atoms with Crippen LogP contribution in [0.5, 0.6) is 17.2 Å². The minimum absolute atomic E-state index is 0.133. The molecular formula is C24H30N2O5. The lowest BCUT2D eigenvalue weighted by molar-refractivity contribution is -0.384. The van der Waals surface area contributed by atoms with E-state index in [0.29, 0.717) is 24.2 Å². The Labute approximate surface area is 183 Å². The van der Waals surface area contributed by atoms with Crippen LogP contribution in [0.15, 0.2) is 42.5 Å². The molecule has 2 aromatic carbocycles. The second kappa shape index (κ2) is 10.0. The van der Waals surface area contributed by atoms with E-state index in [1.807, 2.05) is 30.3 Å². The van der Waals surface area contributed by atoms with Crippen LogP contribution in [-0.2, 0) is 0 Å². The van der Waals surface area contributed by atoms with E-state index in [2.05, 4.69) is 11.8 Å². The lowest BCUT2D eigenvalue weighted by atomic mass is 9.80. The molecule has 31 heavy (non-hydrogen) atoms. The minimum atomic E-state index is -0.347. The molecule has 0 aliphatic carbocycles. The number of nitro benzene ring substituents is 1. The Morgan fingerprint density at radius 3 is 2.71 bits per heavy atom. The van der Waals surface area contributed by atoms with Crippen molar-refractivity contribution in [2.45, 2.75) is 38.5 Å². The van der Waals surface area contributed by atoms with Crippen molar-refractivity contribution in [1.82, 2.24) is 4.90 Å². The SMILES string of the molecule is CCCCCN1CC[C@H](c2ccc([N+](=O)[O-])cc2)[C@@H](COc2ccc3c(c2)OCO3)C1. The molecule has 0 amide bonds. The summed E-state index contributed by atoms with van der Waals surface area (Å²) in [4.78, 5) is 13.2. The first-order chi connectivity index (χ1) is 15.1. The second-order valence-corrected chi connectivity index (χ2v) is 8.34. The number of fused-ring (bicyclic) bond motifs is 1. The van der Waals surface area contributed by atoms with E-state index in [0.717, 1.165) is 43.1 Å². The number of nitro groups is 1. The van der Waals surface area contributed by atoms with Gasteiger partial charge in [0.15, 0.2) is 11.5 Å². The predicted octanol–water partition coefficient (Wildman–Crippen LogP) is 5.00. The number of rotatable bonds is 9. The van der Waals surface area contributed by atoms with Gasteiger partial charge in [0.2, 0.25) is 6.79 Å². The summed E-state index contributed by atoms with van der Waals surface area (Å²) in [7, 11) is 0. The van der Waals surface area contributed by atoms with Crippen molar-refractivity contribution in [3.63, 3.8) is 0 Å². The normalized spacial score (nSPS) is 20.5. The molecule has 2 atom stereocenters. The average molecular weight is 427 g/mol. The molecule has 166 valence electrons. The minimum Gasteiger partial charge on any atom is -0.493 e. The van der Waals surface area contributed by atoms with E-state index >= 15 is 0 Å². The molecule has 2 aliphatic rings. The highest BCUT2D eigenvalue weighted by Gasteiger charge is 2.31. The van der Waals surface area contributed by atoms with Gasteiger partial charge in [0.05, 0.1) is 11.5 Å². The van der Waals surface area contributed by atoms with Crippen molar-refractivity contribution in [2.24, 2.45) is 5.92 Å². The van der Waals surface area contributed by atoms with Crippen LogP contribution in [-0.4, -0.2) is 42.9 Å². The van der Waals surface area contributed by atoms with Gasteiger partial charge in [0.25, 0.3) is 5.69 Å². The van der Waals surface area contributed by atoms with Gasteiger partial charge in [0, 0.05) is 30.7 Å². The van der Waals surface area contributed by atoms with Crippen LogP contribution in [0.3, 0.4) is 0 Å². The molecule has 2 heterocycles. The standard InChI is InChI=1S/C24H30N2O5/c1-2-3-4-12-25-13-11-22(18-5-7-20(8-6-18)26(27)28)19(15-25)16-29-21-9-10-23-24(14-21)31-17-30-23/h5-10,14,19,22H,2-4,11-13,15-17H2,1H3/t19-,22-/m1/s1. The van der Waals surface area contributed by atoms with Crippen LogP contribution in [0.25, 0.3) is 0 Å². The highest BCUT2D eigenvalue weighted by atomic mass is 16.7. The smallest absolute Gasteiger partial charge is 0.269 e. The van der Waals surface area contributed by atoms with Gasteiger partial charge in [-0.2, -0.15) is 0 Å². The molecular weight excluding hydrogens is 396 g/mol. The summed E-state index contributed by atoms with van der Waals surface area (Å²) in [6, 6.07) is 12.7. The van der Waals surface area contributed by atoms with Crippen molar-refractivity contribution in [3.05, 3.63) is 58.1 Å². The average Bonchev–Trinajstić information content (AvgIpc) is 3.26. The number of benzene rings is 2. The van der Waals surface area contributed by atoms with Crippen LogP contribution in [0.2, 0.25) is 0 Å². The maximum absolute atomic E-state index is 11.0. The number of hydrogen-bond donors (Lipinski definition) is 0. The van der Waals surface area contributed by atoms with Gasteiger partial charge in [-0.15, -0.1) is 0 Å². The number of nitrogens with zero attached hydrogens (tertiary/aromatic N) is 2. The van der Waals surface area contributed by atoms with E-state index in [1.165, 1.54) is 19.3 Å². The van der Waals surface area contributed by atoms with Gasteiger partial charge in [0.1, 0.15) is 5.75 Å². The first-order valence-corrected chi connectivity index (χ1v) is 11.1. The van der Waals surface area contributed by atoms with Crippen LogP contribution < -0.4 is 14.2 Å². The lowest BCUT2D eigenvalue weighted by Gasteiger charge is -2.39. The molecule has 1 saturated heterocycles. The summed E-state index contributed by atoms with van der Waals surface area (Å²) in [6.07, 6.45) is 4.71. The number of unbranched alkanes of at least 4 members (excludes halogenated alkanes) is 2. The fourth-order valence-electron chi connectivity index (χ4n) is 4.52. The molecule has 0 bridgehead atoms. The molecule has 0 spiro atoms. The first-order valence-electron chi connectivity index (χ1n) is 11.1. The molecule has 4 rings (SSSR count). The third-order valence-corrected chi connectivity index (χ3v) is 6.24. The van der Waals surface area contributed by atoms with Crippen LogP contribution in [0.1, 0.15) is 44.1 Å². The Balaban J connectivity index is 1.45. The van der Waals surface area contributed by atoms with Crippen molar-refractivity contribution in [1.29, 1.82) is 0 Å². The summed E-state index contributed by atoms with van der Waals surface area (Å²) in [5.41, 5.74) is 1.28. The van der Waals surface area contributed by atoms with Crippen LogP contribution in [0, 0.1) is 16.0 Å². The van der Waals surface area contributed by atoms with Gasteiger partial charge < -0.3 is 19.1 Å². The van der Waals surface area contributed by atoms with E-state index < -0.39 is 0 Å². The van der Waals surface area contributed by atoms with Crippen molar-refractivity contribution in [2.75, 3.05) is 33.0 Å². The summed E-state index contributed by atoms with van der Waals surface area (Å²) in [5, 5.41) is 11.0. The zero-order valence-corrected chi connectivity index (χ0v) is 18.0. The summed E-state index contributed by atoms with van der Waals surface area (Å²) in [6.45, 7) is 6.19. The van der Waals surface area contributed by atoms with Gasteiger partial charge in [-0.05, 0) is 49.5 Å². The maximum Gasteiger partial charge on any atom is 0.269 e. The zero-order chi connectivity index (χ0) is 21.6. The Morgan fingerprint density at radius 1 is 1.13 bits per heavy atom. The van der Waals surface area contributed by atoms with E-state index in [9.17, 15) is 10.1 Å². The van der Waals surface area contributed by atoms with Gasteiger partial charge in [-0.25, -0.2) is 0 Å². The number of likely N-dealkylation sites (tertiary alicyclic amines) is 1. The second-order valence-electron chi connectivity index (χ2n) is 8.34. The molecule has 0 aromatic heterocycles. The van der Waals surface area contributed by atoms with Gasteiger partial charge >= 0.3 is 0 Å². The Kier molecular flexibility index (Phi) is 6.92. The van der Waals surface area contributed by atoms with Crippen molar-refractivity contribution >= 4 is 5.69 Å².